The predicted octanol–water partition coefficient (Wildman–Crippen LogP) is 3.36. The van der Waals surface area contributed by atoms with Crippen LogP contribution in [0.5, 0.6) is 0 Å². The van der Waals surface area contributed by atoms with Gasteiger partial charge in [-0.3, -0.25) is 14.6 Å². The van der Waals surface area contributed by atoms with Crippen LogP contribution in [-0.2, 0) is 0 Å². The van der Waals surface area contributed by atoms with E-state index in [1.165, 1.54) is 6.42 Å². The van der Waals surface area contributed by atoms with Gasteiger partial charge in [0.05, 0.1) is 0 Å². The van der Waals surface area contributed by atoms with Crippen molar-refractivity contribution in [2.75, 3.05) is 19.6 Å². The van der Waals surface area contributed by atoms with Crippen molar-refractivity contribution in [2.45, 2.75) is 58.4 Å². The Morgan fingerprint density at radius 3 is 2.60 bits per heavy atom. The molecule has 0 spiro atoms. The maximum atomic E-state index is 12.9. The Balaban J connectivity index is 1.74. The number of amides is 2. The van der Waals surface area contributed by atoms with Crippen molar-refractivity contribution in [1.82, 2.24) is 14.8 Å². The number of aromatic nitrogens is 1. The summed E-state index contributed by atoms with van der Waals surface area (Å²) in [5.74, 6) is 0.664. The highest BCUT2D eigenvalue weighted by Gasteiger charge is 2.27. The Morgan fingerprint density at radius 2 is 1.88 bits per heavy atom. The van der Waals surface area contributed by atoms with Gasteiger partial charge in [0.15, 0.2) is 0 Å². The standard InChI is InChI=1S/C20H29N3O2/c1-3-17-6-4-5-11-23(17)19(24)16-7-10-21-18(14-16)20(25)22-12-8-15(2)9-13-22/h7,10,14-15,17H,3-6,8-9,11-13H2,1-2H3. The number of rotatable bonds is 3. The zero-order valence-electron chi connectivity index (χ0n) is 15.4. The Hall–Kier alpha value is -1.91. The molecule has 2 fully saturated rings. The normalized spacial score (nSPS) is 22.1. The van der Waals surface area contributed by atoms with Crippen molar-refractivity contribution in [3.05, 3.63) is 29.6 Å². The summed E-state index contributed by atoms with van der Waals surface area (Å²) in [6.07, 6.45) is 7.98. The molecule has 1 aromatic heterocycles. The third-order valence-corrected chi connectivity index (χ3v) is 5.66. The van der Waals surface area contributed by atoms with Crippen molar-refractivity contribution >= 4 is 11.8 Å². The molecule has 1 atom stereocenters. The van der Waals surface area contributed by atoms with Gasteiger partial charge in [0.1, 0.15) is 5.69 Å². The third-order valence-electron chi connectivity index (χ3n) is 5.66. The molecule has 2 saturated heterocycles. The highest BCUT2D eigenvalue weighted by molar-refractivity contribution is 5.98. The molecule has 25 heavy (non-hydrogen) atoms. The Labute approximate surface area is 150 Å². The van der Waals surface area contributed by atoms with E-state index < -0.39 is 0 Å². The van der Waals surface area contributed by atoms with Crippen LogP contribution in [0.1, 0.15) is 73.2 Å². The summed E-state index contributed by atoms with van der Waals surface area (Å²) in [7, 11) is 0. The SMILES string of the molecule is CCC1CCCCN1C(=O)c1ccnc(C(=O)N2CCC(C)CC2)c1. The number of carbonyl (C=O) groups is 2. The molecule has 3 heterocycles. The third kappa shape index (κ3) is 4.02. The topological polar surface area (TPSA) is 53.5 Å². The highest BCUT2D eigenvalue weighted by atomic mass is 16.2. The fourth-order valence-electron chi connectivity index (χ4n) is 3.91. The maximum Gasteiger partial charge on any atom is 0.272 e. The molecule has 3 rings (SSSR count). The van der Waals surface area contributed by atoms with Gasteiger partial charge in [-0.2, -0.15) is 0 Å². The molecule has 2 amide bonds. The molecule has 0 aromatic carbocycles. The minimum absolute atomic E-state index is 0.0373. The van der Waals surface area contributed by atoms with Crippen LogP contribution in [0.3, 0.4) is 0 Å². The number of pyridine rings is 1. The smallest absolute Gasteiger partial charge is 0.272 e. The van der Waals surface area contributed by atoms with Gasteiger partial charge >= 0.3 is 0 Å². The Kier molecular flexibility index (Phi) is 5.71. The minimum Gasteiger partial charge on any atom is -0.337 e. The molecular weight excluding hydrogens is 314 g/mol. The van der Waals surface area contributed by atoms with Gasteiger partial charge in [-0.15, -0.1) is 0 Å². The zero-order chi connectivity index (χ0) is 17.8. The fraction of sp³-hybridized carbons (Fsp3) is 0.650. The minimum atomic E-state index is -0.0489. The molecule has 5 heteroatoms. The molecular formula is C20H29N3O2. The van der Waals surface area contributed by atoms with Gasteiger partial charge in [0.25, 0.3) is 11.8 Å². The molecule has 5 nitrogen and oxygen atoms in total. The van der Waals surface area contributed by atoms with Gasteiger partial charge in [-0.1, -0.05) is 13.8 Å². The summed E-state index contributed by atoms with van der Waals surface area (Å²) in [4.78, 5) is 33.7. The summed E-state index contributed by atoms with van der Waals surface area (Å²) in [6.45, 7) is 6.73. The molecule has 136 valence electrons. The molecule has 0 bridgehead atoms. The first-order valence-corrected chi connectivity index (χ1v) is 9.66. The van der Waals surface area contributed by atoms with Crippen LogP contribution in [0.4, 0.5) is 0 Å². The van der Waals surface area contributed by atoms with Crippen LogP contribution in [0.2, 0.25) is 0 Å². The first kappa shape index (κ1) is 17.9. The van der Waals surface area contributed by atoms with E-state index in [1.54, 1.807) is 18.3 Å². The van der Waals surface area contributed by atoms with E-state index in [2.05, 4.69) is 18.8 Å². The average Bonchev–Trinajstić information content (AvgIpc) is 2.67. The van der Waals surface area contributed by atoms with Crippen molar-refractivity contribution < 1.29 is 9.59 Å². The summed E-state index contributed by atoms with van der Waals surface area (Å²) in [6, 6.07) is 3.74. The number of nitrogens with zero attached hydrogens (tertiary/aromatic N) is 3. The summed E-state index contributed by atoms with van der Waals surface area (Å²) in [5.41, 5.74) is 0.981. The van der Waals surface area contributed by atoms with E-state index in [4.69, 9.17) is 0 Å². The van der Waals surface area contributed by atoms with Crippen molar-refractivity contribution in [1.29, 1.82) is 0 Å². The quantitative estimate of drug-likeness (QED) is 0.845. The van der Waals surface area contributed by atoms with E-state index in [0.717, 1.165) is 51.7 Å². The van der Waals surface area contributed by atoms with Gasteiger partial charge in [0, 0.05) is 37.4 Å². The molecule has 0 N–H and O–H groups in total. The summed E-state index contributed by atoms with van der Waals surface area (Å²) in [5, 5.41) is 0. The number of piperidine rings is 2. The predicted molar refractivity (Wildman–Crippen MR) is 97.5 cm³/mol. The first-order chi connectivity index (χ1) is 12.1. The monoisotopic (exact) mass is 343 g/mol. The van der Waals surface area contributed by atoms with Gasteiger partial charge in [-0.05, 0) is 56.6 Å². The Bertz CT molecular complexity index is 623. The fourth-order valence-corrected chi connectivity index (χ4v) is 3.91. The number of likely N-dealkylation sites (tertiary alicyclic amines) is 2. The molecule has 0 saturated carbocycles. The summed E-state index contributed by atoms with van der Waals surface area (Å²) >= 11 is 0. The maximum absolute atomic E-state index is 12.9. The Morgan fingerprint density at radius 1 is 1.12 bits per heavy atom. The molecule has 1 aromatic rings. The van der Waals surface area contributed by atoms with E-state index >= 15 is 0 Å². The number of carbonyl (C=O) groups excluding carboxylic acids is 2. The highest BCUT2D eigenvalue weighted by Crippen LogP contribution is 2.22. The first-order valence-electron chi connectivity index (χ1n) is 9.66. The molecule has 2 aliphatic heterocycles. The molecule has 2 aliphatic rings. The van der Waals surface area contributed by atoms with Crippen molar-refractivity contribution in [2.24, 2.45) is 5.92 Å². The summed E-state index contributed by atoms with van der Waals surface area (Å²) < 4.78 is 0. The van der Waals surface area contributed by atoms with Gasteiger partial charge in [-0.25, -0.2) is 0 Å². The van der Waals surface area contributed by atoms with Crippen LogP contribution in [0, 0.1) is 5.92 Å². The second kappa shape index (κ2) is 7.98. The van der Waals surface area contributed by atoms with Crippen molar-refractivity contribution in [3.8, 4) is 0 Å². The van der Waals surface area contributed by atoms with Gasteiger partial charge in [0.2, 0.25) is 0 Å². The van der Waals surface area contributed by atoms with Crippen LogP contribution < -0.4 is 0 Å². The second-order valence-corrected chi connectivity index (χ2v) is 7.46. The second-order valence-electron chi connectivity index (χ2n) is 7.46. The van der Waals surface area contributed by atoms with E-state index in [0.29, 0.717) is 23.2 Å². The number of hydrogen-bond donors (Lipinski definition) is 0. The van der Waals surface area contributed by atoms with E-state index in [-0.39, 0.29) is 11.8 Å². The van der Waals surface area contributed by atoms with E-state index in [1.807, 2.05) is 9.80 Å². The van der Waals surface area contributed by atoms with Crippen LogP contribution in [0.25, 0.3) is 0 Å². The zero-order valence-corrected chi connectivity index (χ0v) is 15.4. The average molecular weight is 343 g/mol. The lowest BCUT2D eigenvalue weighted by molar-refractivity contribution is 0.0608. The van der Waals surface area contributed by atoms with Crippen LogP contribution in [0.15, 0.2) is 18.3 Å². The lowest BCUT2D eigenvalue weighted by Crippen LogP contribution is -2.43. The van der Waals surface area contributed by atoms with Crippen LogP contribution >= 0.6 is 0 Å². The van der Waals surface area contributed by atoms with Gasteiger partial charge < -0.3 is 9.80 Å². The lowest BCUT2D eigenvalue weighted by atomic mass is 9.98. The number of hydrogen-bond acceptors (Lipinski definition) is 3. The molecule has 0 radical (unpaired) electrons. The molecule has 1 unspecified atom stereocenters. The molecule has 0 aliphatic carbocycles. The van der Waals surface area contributed by atoms with Crippen LogP contribution in [-0.4, -0.2) is 52.3 Å². The largest absolute Gasteiger partial charge is 0.337 e. The van der Waals surface area contributed by atoms with E-state index in [9.17, 15) is 9.59 Å². The van der Waals surface area contributed by atoms with Crippen molar-refractivity contribution in [3.63, 3.8) is 0 Å². The lowest BCUT2D eigenvalue weighted by Gasteiger charge is -2.35.